The molecule has 3 unspecified atom stereocenters. The molecule has 2 aromatic carbocycles. The number of nitrogens with one attached hydrogen (secondary N) is 1. The molecule has 3 atom stereocenters. The number of rotatable bonds is 3. The van der Waals surface area contributed by atoms with E-state index in [0.717, 1.165) is 36.3 Å². The molecule has 3 heterocycles. The van der Waals surface area contributed by atoms with Crippen molar-refractivity contribution < 1.29 is 9.59 Å². The number of likely N-dealkylation sites (N-methyl/N-ethyl adjacent to an activating group) is 1. The number of carbonyl (C=O) groups excluding carboxylic acids is 2. The van der Waals surface area contributed by atoms with Gasteiger partial charge < -0.3 is 9.80 Å². The zero-order valence-corrected chi connectivity index (χ0v) is 18.4. The first-order chi connectivity index (χ1) is 15.0. The lowest BCUT2D eigenvalue weighted by molar-refractivity contribution is -0.139. The Morgan fingerprint density at radius 2 is 1.81 bits per heavy atom. The van der Waals surface area contributed by atoms with Crippen molar-refractivity contribution in [1.82, 2.24) is 20.0 Å². The molecule has 3 aliphatic heterocycles. The summed E-state index contributed by atoms with van der Waals surface area (Å²) in [6.07, 6.45) is 0.431. The molecule has 3 fully saturated rings. The molecule has 0 aliphatic carbocycles. The Hall–Kier alpha value is -2.61. The topological polar surface area (TPSA) is 59.1 Å². The van der Waals surface area contributed by atoms with Crippen molar-refractivity contribution in [3.63, 3.8) is 0 Å². The largest absolute Gasteiger partial charge is 0.343 e. The summed E-state index contributed by atoms with van der Waals surface area (Å²) in [6, 6.07) is 15.0. The molecular weight excluding hydrogens is 414 g/mol. The van der Waals surface area contributed by atoms with Crippen molar-refractivity contribution >= 4 is 29.2 Å². The van der Waals surface area contributed by atoms with Crippen LogP contribution in [0.25, 0.3) is 0 Å². The number of nitrogens with zero attached hydrogens (tertiary/aromatic N) is 4. The minimum Gasteiger partial charge on any atom is -0.343 e. The summed E-state index contributed by atoms with van der Waals surface area (Å²) in [5, 5.41) is 4.23. The highest BCUT2D eigenvalue weighted by Gasteiger charge is 2.56. The van der Waals surface area contributed by atoms with Crippen molar-refractivity contribution in [2.75, 3.05) is 25.0 Å². The third kappa shape index (κ3) is 3.37. The van der Waals surface area contributed by atoms with E-state index in [1.807, 2.05) is 55.5 Å². The molecule has 3 amide bonds. The van der Waals surface area contributed by atoms with Gasteiger partial charge in [-0.1, -0.05) is 35.9 Å². The van der Waals surface area contributed by atoms with Crippen LogP contribution in [0.4, 0.5) is 10.5 Å². The number of imide groups is 1. The minimum absolute atomic E-state index is 0.135. The number of fused-ring (bicyclic) bond motifs is 3. The number of amides is 3. The summed E-state index contributed by atoms with van der Waals surface area (Å²) < 4.78 is 0. The lowest BCUT2D eigenvalue weighted by atomic mass is 10.1. The predicted molar refractivity (Wildman–Crippen MR) is 120 cm³/mol. The second kappa shape index (κ2) is 7.82. The Morgan fingerprint density at radius 3 is 2.55 bits per heavy atom. The van der Waals surface area contributed by atoms with E-state index < -0.39 is 6.04 Å². The van der Waals surface area contributed by atoms with Gasteiger partial charge in [0.05, 0.1) is 6.54 Å². The first-order valence-electron chi connectivity index (χ1n) is 10.6. The van der Waals surface area contributed by atoms with Crippen molar-refractivity contribution in [1.29, 1.82) is 0 Å². The highest BCUT2D eigenvalue weighted by atomic mass is 35.5. The van der Waals surface area contributed by atoms with Gasteiger partial charge in [0.25, 0.3) is 5.91 Å². The number of hydrogen-bond acceptors (Lipinski definition) is 5. The Morgan fingerprint density at radius 1 is 1.06 bits per heavy atom. The van der Waals surface area contributed by atoms with Gasteiger partial charge in [-0.3, -0.25) is 19.9 Å². The van der Waals surface area contributed by atoms with Crippen molar-refractivity contribution in [2.45, 2.75) is 38.4 Å². The summed E-state index contributed by atoms with van der Waals surface area (Å²) >= 11 is 6.07. The second-order valence-electron chi connectivity index (χ2n) is 8.44. The van der Waals surface area contributed by atoms with E-state index in [1.165, 1.54) is 4.90 Å². The monoisotopic (exact) mass is 439 g/mol. The van der Waals surface area contributed by atoms with E-state index in [-0.39, 0.29) is 30.9 Å². The number of benzene rings is 2. The molecule has 3 saturated heterocycles. The fourth-order valence-electron chi connectivity index (χ4n) is 4.92. The fraction of sp³-hybridized carbons (Fsp3) is 0.391. The molecule has 2 aromatic rings. The van der Waals surface area contributed by atoms with E-state index in [9.17, 15) is 9.59 Å². The Balaban J connectivity index is 1.44. The van der Waals surface area contributed by atoms with Crippen LogP contribution in [0.2, 0.25) is 5.02 Å². The van der Waals surface area contributed by atoms with E-state index >= 15 is 0 Å². The number of halogens is 1. The zero-order valence-electron chi connectivity index (χ0n) is 17.7. The Labute approximate surface area is 187 Å². The molecule has 31 heavy (non-hydrogen) atoms. The molecule has 0 bridgehead atoms. The van der Waals surface area contributed by atoms with Crippen LogP contribution in [0.3, 0.4) is 0 Å². The molecule has 162 valence electrons. The Bertz CT molecular complexity index is 1010. The molecular formula is C23H26ClN5O2. The van der Waals surface area contributed by atoms with Crippen LogP contribution in [0.5, 0.6) is 0 Å². The maximum atomic E-state index is 13.6. The Kier molecular flexibility index (Phi) is 5.12. The van der Waals surface area contributed by atoms with Crippen molar-refractivity contribution in [2.24, 2.45) is 0 Å². The SMILES string of the molecule is Cc1ccccc1CN1C(=O)C2C(NC3N(c4ccc(Cl)cc4)CCCN23)N(C)C1=O. The maximum Gasteiger partial charge on any atom is 0.328 e. The molecule has 7 nitrogen and oxygen atoms in total. The van der Waals surface area contributed by atoms with Crippen molar-refractivity contribution in [3.8, 4) is 0 Å². The van der Waals surface area contributed by atoms with Gasteiger partial charge in [0, 0.05) is 30.8 Å². The molecule has 0 aromatic heterocycles. The third-order valence-corrected chi connectivity index (χ3v) is 6.87. The lowest BCUT2D eigenvalue weighted by Crippen LogP contribution is -2.66. The van der Waals surface area contributed by atoms with Crippen LogP contribution in [0, 0.1) is 6.92 Å². The van der Waals surface area contributed by atoms with Gasteiger partial charge in [-0.2, -0.15) is 0 Å². The summed E-state index contributed by atoms with van der Waals surface area (Å²) in [7, 11) is 1.77. The number of hydrogen-bond donors (Lipinski definition) is 1. The summed E-state index contributed by atoms with van der Waals surface area (Å²) in [4.78, 5) is 34.2. The lowest BCUT2D eigenvalue weighted by Gasteiger charge is -2.44. The van der Waals surface area contributed by atoms with Crippen LogP contribution in [-0.4, -0.2) is 65.3 Å². The van der Waals surface area contributed by atoms with E-state index in [4.69, 9.17) is 11.6 Å². The zero-order chi connectivity index (χ0) is 21.7. The number of anilines is 1. The number of aryl methyl sites for hydroxylation is 1. The average molecular weight is 440 g/mol. The summed E-state index contributed by atoms with van der Waals surface area (Å²) in [5.74, 6) is -0.135. The smallest absolute Gasteiger partial charge is 0.328 e. The molecule has 0 saturated carbocycles. The maximum absolute atomic E-state index is 13.6. The van der Waals surface area contributed by atoms with Gasteiger partial charge >= 0.3 is 6.03 Å². The van der Waals surface area contributed by atoms with Gasteiger partial charge in [0.15, 0.2) is 0 Å². The average Bonchev–Trinajstić information content (AvgIpc) is 3.17. The first kappa shape index (κ1) is 20.3. The first-order valence-corrected chi connectivity index (χ1v) is 11.0. The molecule has 0 spiro atoms. The summed E-state index contributed by atoms with van der Waals surface area (Å²) in [5.41, 5.74) is 3.10. The van der Waals surface area contributed by atoms with Crippen LogP contribution in [0.15, 0.2) is 48.5 Å². The van der Waals surface area contributed by atoms with E-state index in [1.54, 1.807) is 11.9 Å². The van der Waals surface area contributed by atoms with Crippen LogP contribution >= 0.6 is 11.6 Å². The fourth-order valence-corrected chi connectivity index (χ4v) is 5.05. The highest BCUT2D eigenvalue weighted by Crippen LogP contribution is 2.34. The normalized spacial score (nSPS) is 26.3. The van der Waals surface area contributed by atoms with Crippen LogP contribution < -0.4 is 10.2 Å². The number of carbonyl (C=O) groups is 2. The molecule has 1 N–H and O–H groups in total. The predicted octanol–water partition coefficient (Wildman–Crippen LogP) is 2.84. The summed E-state index contributed by atoms with van der Waals surface area (Å²) in [6.45, 7) is 3.96. The molecule has 0 radical (unpaired) electrons. The minimum atomic E-state index is -0.410. The van der Waals surface area contributed by atoms with Crippen LogP contribution in [0.1, 0.15) is 17.5 Å². The van der Waals surface area contributed by atoms with E-state index in [0.29, 0.717) is 5.02 Å². The standard InChI is InChI=1S/C23H26ClN5O2/c1-15-6-3-4-7-16(15)14-29-21(30)19-20(26(2)23(29)31)25-22-27(12-5-13-28(19)22)18-10-8-17(24)9-11-18/h3-4,6-11,19-20,22,25H,5,12-14H2,1-2H3. The van der Waals surface area contributed by atoms with Gasteiger partial charge in [-0.15, -0.1) is 0 Å². The number of urea groups is 1. The molecule has 3 aliphatic rings. The van der Waals surface area contributed by atoms with Crippen LogP contribution in [-0.2, 0) is 11.3 Å². The highest BCUT2D eigenvalue weighted by molar-refractivity contribution is 6.30. The van der Waals surface area contributed by atoms with Gasteiger partial charge in [0.2, 0.25) is 0 Å². The van der Waals surface area contributed by atoms with Crippen molar-refractivity contribution in [3.05, 3.63) is 64.7 Å². The third-order valence-electron chi connectivity index (χ3n) is 6.62. The van der Waals surface area contributed by atoms with Gasteiger partial charge in [0.1, 0.15) is 18.5 Å². The second-order valence-corrected chi connectivity index (χ2v) is 8.87. The van der Waals surface area contributed by atoms with E-state index in [2.05, 4.69) is 15.1 Å². The molecule has 8 heteroatoms. The van der Waals surface area contributed by atoms with Gasteiger partial charge in [-0.25, -0.2) is 4.79 Å². The van der Waals surface area contributed by atoms with Gasteiger partial charge in [-0.05, 0) is 48.7 Å². The molecule has 5 rings (SSSR count). The quantitative estimate of drug-likeness (QED) is 0.797.